The number of nitrogens with one attached hydrogen (secondary N) is 1. The highest BCUT2D eigenvalue weighted by atomic mass is 16.1. The lowest BCUT2D eigenvalue weighted by atomic mass is 9.84. The van der Waals surface area contributed by atoms with Crippen molar-refractivity contribution in [3.63, 3.8) is 0 Å². The lowest BCUT2D eigenvalue weighted by Gasteiger charge is -2.28. The number of aromatic nitrogens is 2. The molecule has 4 atom stereocenters. The molecule has 0 spiro atoms. The molecule has 2 aliphatic rings. The molecule has 0 radical (unpaired) electrons. The lowest BCUT2D eigenvalue weighted by molar-refractivity contribution is -0.121. The van der Waals surface area contributed by atoms with Gasteiger partial charge in [0.1, 0.15) is 0 Å². The quantitative estimate of drug-likeness (QED) is 0.917. The number of nitrogens with zero attached hydrogens (tertiary/aromatic N) is 2. The zero-order chi connectivity index (χ0) is 16.5. The second kappa shape index (κ2) is 6.42. The van der Waals surface area contributed by atoms with Crippen LogP contribution in [0.4, 0.5) is 0 Å². The molecule has 4 heteroatoms. The van der Waals surface area contributed by atoms with Crippen molar-refractivity contribution >= 4 is 5.91 Å². The van der Waals surface area contributed by atoms with Crippen molar-refractivity contribution in [2.24, 2.45) is 17.8 Å². The van der Waals surface area contributed by atoms with Gasteiger partial charge in [0.2, 0.25) is 5.91 Å². The first-order valence-electron chi connectivity index (χ1n) is 9.07. The first kappa shape index (κ1) is 15.4. The molecule has 4 nitrogen and oxygen atoms in total. The van der Waals surface area contributed by atoms with Crippen molar-refractivity contribution in [1.82, 2.24) is 15.1 Å². The Morgan fingerprint density at radius 1 is 1.29 bits per heavy atom. The average Bonchev–Trinajstić information content (AvgIpc) is 3.32. The highest BCUT2D eigenvalue weighted by Gasteiger charge is 2.42. The van der Waals surface area contributed by atoms with Gasteiger partial charge in [0, 0.05) is 12.2 Å². The Labute approximate surface area is 143 Å². The van der Waals surface area contributed by atoms with Gasteiger partial charge in [0.05, 0.1) is 18.3 Å². The van der Waals surface area contributed by atoms with Crippen LogP contribution in [0.3, 0.4) is 0 Å². The van der Waals surface area contributed by atoms with Crippen molar-refractivity contribution in [1.29, 1.82) is 0 Å². The molecule has 1 amide bonds. The fourth-order valence-corrected chi connectivity index (χ4v) is 4.68. The van der Waals surface area contributed by atoms with Crippen LogP contribution in [-0.2, 0) is 11.2 Å². The largest absolute Gasteiger partial charge is 0.353 e. The van der Waals surface area contributed by atoms with Gasteiger partial charge in [0.25, 0.3) is 0 Å². The van der Waals surface area contributed by atoms with E-state index in [1.54, 1.807) is 6.20 Å². The second-order valence-electron chi connectivity index (χ2n) is 7.50. The van der Waals surface area contributed by atoms with E-state index in [0.717, 1.165) is 23.1 Å². The maximum absolute atomic E-state index is 12.4. The molecule has 2 aromatic rings. The van der Waals surface area contributed by atoms with E-state index < -0.39 is 0 Å². The summed E-state index contributed by atoms with van der Waals surface area (Å²) in [5, 5.41) is 7.59. The fraction of sp³-hybridized carbons (Fsp3) is 0.500. The van der Waals surface area contributed by atoms with Crippen LogP contribution in [0.25, 0.3) is 5.69 Å². The molecular formula is C20H25N3O. The highest BCUT2D eigenvalue weighted by molar-refractivity contribution is 5.78. The molecule has 2 saturated carbocycles. The zero-order valence-corrected chi connectivity index (χ0v) is 14.2. The SMILES string of the molecule is CC(NC(=O)Cc1cnn(-c2ccccc2)c1)C1CC2CCC1C2. The van der Waals surface area contributed by atoms with Crippen molar-refractivity contribution in [3.05, 3.63) is 48.3 Å². The normalized spacial score (nSPS) is 26.5. The summed E-state index contributed by atoms with van der Waals surface area (Å²) in [6.45, 7) is 2.18. The molecule has 1 aromatic carbocycles. The molecule has 1 heterocycles. The third-order valence-corrected chi connectivity index (χ3v) is 5.85. The summed E-state index contributed by atoms with van der Waals surface area (Å²) in [6.07, 6.45) is 9.58. The summed E-state index contributed by atoms with van der Waals surface area (Å²) in [4.78, 5) is 12.4. The Bertz CT molecular complexity index is 709. The number of amides is 1. The monoisotopic (exact) mass is 323 g/mol. The molecule has 126 valence electrons. The third-order valence-electron chi connectivity index (χ3n) is 5.85. The van der Waals surface area contributed by atoms with E-state index >= 15 is 0 Å². The van der Waals surface area contributed by atoms with Crippen LogP contribution in [0.5, 0.6) is 0 Å². The van der Waals surface area contributed by atoms with Crippen LogP contribution in [0.2, 0.25) is 0 Å². The standard InChI is InChI=1S/C20H25N3O/c1-14(19-10-15-7-8-17(19)9-15)22-20(24)11-16-12-21-23(13-16)18-5-3-2-4-6-18/h2-6,12-15,17,19H,7-11H2,1H3,(H,22,24). The Hall–Kier alpha value is -2.10. The van der Waals surface area contributed by atoms with E-state index in [1.165, 1.54) is 25.7 Å². The summed E-state index contributed by atoms with van der Waals surface area (Å²) >= 11 is 0. The highest BCUT2D eigenvalue weighted by Crippen LogP contribution is 2.49. The van der Waals surface area contributed by atoms with Crippen LogP contribution < -0.4 is 5.32 Å². The minimum absolute atomic E-state index is 0.109. The predicted octanol–water partition coefficient (Wildman–Crippen LogP) is 3.36. The van der Waals surface area contributed by atoms with Crippen molar-refractivity contribution in [2.75, 3.05) is 0 Å². The van der Waals surface area contributed by atoms with Crippen molar-refractivity contribution < 1.29 is 4.79 Å². The Balaban J connectivity index is 1.34. The van der Waals surface area contributed by atoms with Gasteiger partial charge >= 0.3 is 0 Å². The second-order valence-corrected chi connectivity index (χ2v) is 7.50. The molecular weight excluding hydrogens is 298 g/mol. The number of rotatable bonds is 5. The van der Waals surface area contributed by atoms with E-state index in [9.17, 15) is 4.79 Å². The zero-order valence-electron chi connectivity index (χ0n) is 14.2. The van der Waals surface area contributed by atoms with E-state index in [1.807, 2.05) is 41.2 Å². The van der Waals surface area contributed by atoms with Gasteiger partial charge in [-0.2, -0.15) is 5.10 Å². The summed E-state index contributed by atoms with van der Waals surface area (Å²) in [5.41, 5.74) is 1.97. The first-order valence-corrected chi connectivity index (χ1v) is 9.07. The van der Waals surface area contributed by atoms with Crippen LogP contribution in [0.1, 0.15) is 38.2 Å². The molecule has 2 aliphatic carbocycles. The minimum atomic E-state index is 0.109. The average molecular weight is 323 g/mol. The number of carbonyl (C=O) groups is 1. The maximum Gasteiger partial charge on any atom is 0.224 e. The molecule has 2 bridgehead atoms. The number of hydrogen-bond acceptors (Lipinski definition) is 2. The molecule has 4 rings (SSSR count). The Kier molecular flexibility index (Phi) is 4.13. The molecule has 1 N–H and O–H groups in total. The predicted molar refractivity (Wildman–Crippen MR) is 93.8 cm³/mol. The summed E-state index contributed by atoms with van der Waals surface area (Å²) < 4.78 is 1.82. The topological polar surface area (TPSA) is 46.9 Å². The van der Waals surface area contributed by atoms with Crippen LogP contribution in [-0.4, -0.2) is 21.7 Å². The van der Waals surface area contributed by atoms with Gasteiger partial charge in [-0.15, -0.1) is 0 Å². The molecule has 24 heavy (non-hydrogen) atoms. The van der Waals surface area contributed by atoms with E-state index in [0.29, 0.717) is 12.3 Å². The van der Waals surface area contributed by atoms with Gasteiger partial charge in [-0.1, -0.05) is 24.6 Å². The van der Waals surface area contributed by atoms with Crippen LogP contribution >= 0.6 is 0 Å². The Morgan fingerprint density at radius 3 is 2.83 bits per heavy atom. The van der Waals surface area contributed by atoms with E-state index in [4.69, 9.17) is 0 Å². The van der Waals surface area contributed by atoms with Gasteiger partial charge in [0.15, 0.2) is 0 Å². The number of para-hydroxylation sites is 1. The third kappa shape index (κ3) is 3.10. The van der Waals surface area contributed by atoms with E-state index in [2.05, 4.69) is 17.3 Å². The summed E-state index contributed by atoms with van der Waals surface area (Å²) in [5.74, 6) is 2.55. The number of hydrogen-bond donors (Lipinski definition) is 1. The fourth-order valence-electron chi connectivity index (χ4n) is 4.68. The smallest absolute Gasteiger partial charge is 0.224 e. The summed E-state index contributed by atoms with van der Waals surface area (Å²) in [6, 6.07) is 10.3. The van der Waals surface area contributed by atoms with Crippen LogP contribution in [0, 0.1) is 17.8 Å². The molecule has 0 aliphatic heterocycles. The van der Waals surface area contributed by atoms with Gasteiger partial charge < -0.3 is 5.32 Å². The van der Waals surface area contributed by atoms with Gasteiger partial charge in [-0.25, -0.2) is 4.68 Å². The van der Waals surface area contributed by atoms with E-state index in [-0.39, 0.29) is 11.9 Å². The van der Waals surface area contributed by atoms with Gasteiger partial charge in [-0.3, -0.25) is 4.79 Å². The number of benzene rings is 1. The molecule has 0 saturated heterocycles. The molecule has 1 aromatic heterocycles. The molecule has 2 fully saturated rings. The minimum Gasteiger partial charge on any atom is -0.353 e. The lowest BCUT2D eigenvalue weighted by Crippen LogP contribution is -2.40. The number of carbonyl (C=O) groups excluding carboxylic acids is 1. The maximum atomic E-state index is 12.4. The first-order chi connectivity index (χ1) is 11.7. The van der Waals surface area contributed by atoms with Crippen LogP contribution in [0.15, 0.2) is 42.7 Å². The van der Waals surface area contributed by atoms with Crippen molar-refractivity contribution in [2.45, 2.75) is 45.1 Å². The van der Waals surface area contributed by atoms with Gasteiger partial charge in [-0.05, 0) is 61.6 Å². The molecule has 4 unspecified atom stereocenters. The Morgan fingerprint density at radius 2 is 2.12 bits per heavy atom. The van der Waals surface area contributed by atoms with Crippen molar-refractivity contribution in [3.8, 4) is 5.69 Å². The number of fused-ring (bicyclic) bond motifs is 2. The summed E-state index contributed by atoms with van der Waals surface area (Å²) in [7, 11) is 0.